The molecule has 2 rings (SSSR count). The fourth-order valence-electron chi connectivity index (χ4n) is 1.77. The van der Waals surface area contributed by atoms with Crippen LogP contribution in [0.2, 0.25) is 0 Å². The van der Waals surface area contributed by atoms with E-state index in [2.05, 4.69) is 15.4 Å². The van der Waals surface area contributed by atoms with Crippen LogP contribution in [0, 0.1) is 6.92 Å². The molecule has 0 unspecified atom stereocenters. The Hall–Kier alpha value is -1.66. The quantitative estimate of drug-likeness (QED) is 0.723. The van der Waals surface area contributed by atoms with Crippen LogP contribution in [-0.2, 0) is 0 Å². The summed E-state index contributed by atoms with van der Waals surface area (Å²) in [5.41, 5.74) is 1.01. The predicted octanol–water partition coefficient (Wildman–Crippen LogP) is 0.583. The number of aliphatic hydroxyl groups is 2. The third-order valence-corrected chi connectivity index (χ3v) is 3.22. The molecule has 0 aliphatic rings. The fraction of sp³-hybridized carbons (Fsp3) is 0.500. The van der Waals surface area contributed by atoms with E-state index in [0.717, 1.165) is 11.2 Å². The van der Waals surface area contributed by atoms with E-state index in [-0.39, 0.29) is 13.2 Å². The van der Waals surface area contributed by atoms with Crippen LogP contribution in [0.1, 0.15) is 18.9 Å². The van der Waals surface area contributed by atoms with Gasteiger partial charge in [-0.15, -0.1) is 5.10 Å². The van der Waals surface area contributed by atoms with Crippen LogP contribution in [0.4, 0.5) is 5.95 Å². The molecule has 0 aromatic carbocycles. The largest absolute Gasteiger partial charge is 0.394 e. The first-order valence-electron chi connectivity index (χ1n) is 5.96. The van der Waals surface area contributed by atoms with E-state index in [1.807, 2.05) is 32.2 Å². The number of aromatic nitrogens is 3. The minimum absolute atomic E-state index is 0.172. The van der Waals surface area contributed by atoms with Gasteiger partial charge in [-0.1, -0.05) is 13.0 Å². The molecule has 3 N–H and O–H groups in total. The van der Waals surface area contributed by atoms with E-state index in [1.54, 1.807) is 4.52 Å². The molecule has 6 nitrogen and oxygen atoms in total. The minimum Gasteiger partial charge on any atom is -0.394 e. The van der Waals surface area contributed by atoms with Gasteiger partial charge >= 0.3 is 0 Å². The zero-order chi connectivity index (χ0) is 13.2. The number of fused-ring (bicyclic) bond motifs is 1. The van der Waals surface area contributed by atoms with Crippen LogP contribution in [0.15, 0.2) is 18.3 Å². The highest BCUT2D eigenvalue weighted by Crippen LogP contribution is 2.17. The van der Waals surface area contributed by atoms with Crippen molar-refractivity contribution in [3.05, 3.63) is 23.9 Å². The third-order valence-electron chi connectivity index (χ3n) is 3.22. The zero-order valence-corrected chi connectivity index (χ0v) is 10.6. The van der Waals surface area contributed by atoms with Gasteiger partial charge in [-0.2, -0.15) is 4.98 Å². The number of hydrogen-bond donors (Lipinski definition) is 3. The summed E-state index contributed by atoms with van der Waals surface area (Å²) in [6.45, 7) is 3.50. The molecule has 0 saturated heterocycles. The average molecular weight is 250 g/mol. The van der Waals surface area contributed by atoms with Crippen molar-refractivity contribution < 1.29 is 10.2 Å². The van der Waals surface area contributed by atoms with Crippen molar-refractivity contribution in [1.29, 1.82) is 0 Å². The lowest BCUT2D eigenvalue weighted by Gasteiger charge is -2.28. The van der Waals surface area contributed by atoms with Gasteiger partial charge in [-0.3, -0.25) is 0 Å². The van der Waals surface area contributed by atoms with Crippen molar-refractivity contribution in [3.8, 4) is 0 Å². The topological polar surface area (TPSA) is 82.7 Å². The third kappa shape index (κ3) is 2.16. The fourth-order valence-corrected chi connectivity index (χ4v) is 1.77. The molecular weight excluding hydrogens is 232 g/mol. The van der Waals surface area contributed by atoms with Crippen LogP contribution >= 0.6 is 0 Å². The second-order valence-corrected chi connectivity index (χ2v) is 4.47. The summed E-state index contributed by atoms with van der Waals surface area (Å²) >= 11 is 0. The monoisotopic (exact) mass is 250 g/mol. The lowest BCUT2D eigenvalue weighted by atomic mass is 9.99. The first-order chi connectivity index (χ1) is 8.64. The van der Waals surface area contributed by atoms with Gasteiger partial charge in [0.2, 0.25) is 5.95 Å². The van der Waals surface area contributed by atoms with Crippen LogP contribution < -0.4 is 5.32 Å². The van der Waals surface area contributed by atoms with Crippen molar-refractivity contribution in [2.75, 3.05) is 18.5 Å². The van der Waals surface area contributed by atoms with Crippen molar-refractivity contribution >= 4 is 11.6 Å². The molecule has 2 aromatic rings. The number of anilines is 1. The first kappa shape index (κ1) is 12.8. The molecule has 0 fully saturated rings. The zero-order valence-electron chi connectivity index (χ0n) is 10.6. The number of nitrogens with zero attached hydrogens (tertiary/aromatic N) is 3. The van der Waals surface area contributed by atoms with Crippen molar-refractivity contribution in [1.82, 2.24) is 14.6 Å². The molecule has 0 amide bonds. The van der Waals surface area contributed by atoms with E-state index in [9.17, 15) is 10.2 Å². The molecule has 0 bridgehead atoms. The van der Waals surface area contributed by atoms with E-state index in [0.29, 0.717) is 12.4 Å². The standard InChI is InChI=1S/C12H18N4O2/c1-3-12(7-17,8-18)14-11-13-10-9(2)5-4-6-16(10)15-11/h4-6,17-18H,3,7-8H2,1-2H3,(H,14,15). The summed E-state index contributed by atoms with van der Waals surface area (Å²) in [6.07, 6.45) is 2.39. The second kappa shape index (κ2) is 4.91. The van der Waals surface area contributed by atoms with E-state index < -0.39 is 5.54 Å². The molecule has 2 aromatic heterocycles. The Morgan fingerprint density at radius 2 is 2.11 bits per heavy atom. The Kier molecular flexibility index (Phi) is 3.49. The molecular formula is C12H18N4O2. The minimum atomic E-state index is -0.779. The average Bonchev–Trinajstić information content (AvgIpc) is 2.80. The smallest absolute Gasteiger partial charge is 0.243 e. The SMILES string of the molecule is CCC(CO)(CO)Nc1nc2c(C)cccn2n1. The van der Waals surface area contributed by atoms with Gasteiger partial charge in [-0.05, 0) is 25.0 Å². The maximum Gasteiger partial charge on any atom is 0.243 e. The van der Waals surface area contributed by atoms with Gasteiger partial charge in [0.15, 0.2) is 5.65 Å². The van der Waals surface area contributed by atoms with Crippen molar-refractivity contribution in [2.24, 2.45) is 0 Å². The molecule has 0 aliphatic heterocycles. The van der Waals surface area contributed by atoms with Crippen molar-refractivity contribution in [2.45, 2.75) is 25.8 Å². The summed E-state index contributed by atoms with van der Waals surface area (Å²) in [7, 11) is 0. The number of pyridine rings is 1. The highest BCUT2D eigenvalue weighted by atomic mass is 16.3. The summed E-state index contributed by atoms with van der Waals surface area (Å²) in [5, 5.41) is 26.1. The second-order valence-electron chi connectivity index (χ2n) is 4.47. The van der Waals surface area contributed by atoms with Gasteiger partial charge in [-0.25, -0.2) is 4.52 Å². The van der Waals surface area contributed by atoms with Crippen LogP contribution in [0.3, 0.4) is 0 Å². The van der Waals surface area contributed by atoms with Crippen molar-refractivity contribution in [3.63, 3.8) is 0 Å². The van der Waals surface area contributed by atoms with E-state index >= 15 is 0 Å². The van der Waals surface area contributed by atoms with Gasteiger partial charge in [0.05, 0.1) is 18.8 Å². The molecule has 18 heavy (non-hydrogen) atoms. The van der Waals surface area contributed by atoms with Crippen LogP contribution in [0.5, 0.6) is 0 Å². The van der Waals surface area contributed by atoms with Crippen LogP contribution in [0.25, 0.3) is 5.65 Å². The lowest BCUT2D eigenvalue weighted by molar-refractivity contribution is 0.132. The van der Waals surface area contributed by atoms with Gasteiger partial charge in [0.25, 0.3) is 0 Å². The highest BCUT2D eigenvalue weighted by molar-refractivity contribution is 5.50. The van der Waals surface area contributed by atoms with Gasteiger partial charge in [0.1, 0.15) is 0 Å². The summed E-state index contributed by atoms with van der Waals surface area (Å²) < 4.78 is 1.67. The molecule has 98 valence electrons. The maximum atomic E-state index is 9.38. The van der Waals surface area contributed by atoms with E-state index in [4.69, 9.17) is 0 Å². The van der Waals surface area contributed by atoms with E-state index in [1.165, 1.54) is 0 Å². The summed E-state index contributed by atoms with van der Waals surface area (Å²) in [4.78, 5) is 4.36. The summed E-state index contributed by atoms with van der Waals surface area (Å²) in [6, 6.07) is 3.85. The lowest BCUT2D eigenvalue weighted by Crippen LogP contribution is -2.45. The number of aliphatic hydroxyl groups excluding tert-OH is 2. The first-order valence-corrected chi connectivity index (χ1v) is 5.96. The normalized spacial score (nSPS) is 12.0. The molecule has 0 radical (unpaired) electrons. The predicted molar refractivity (Wildman–Crippen MR) is 68.5 cm³/mol. The van der Waals surface area contributed by atoms with Gasteiger partial charge in [0, 0.05) is 6.20 Å². The Labute approximate surface area is 105 Å². The highest BCUT2D eigenvalue weighted by Gasteiger charge is 2.27. The number of nitrogens with one attached hydrogen (secondary N) is 1. The Balaban J connectivity index is 2.34. The number of hydrogen-bond acceptors (Lipinski definition) is 5. The number of aryl methyl sites for hydroxylation is 1. The molecule has 0 atom stereocenters. The van der Waals surface area contributed by atoms with Gasteiger partial charge < -0.3 is 15.5 Å². The Morgan fingerprint density at radius 1 is 1.39 bits per heavy atom. The Morgan fingerprint density at radius 3 is 2.67 bits per heavy atom. The Bertz CT molecular complexity index is 526. The molecule has 0 saturated carbocycles. The van der Waals surface area contributed by atoms with Crippen LogP contribution in [-0.4, -0.2) is 43.6 Å². The molecule has 0 aliphatic carbocycles. The molecule has 0 spiro atoms. The number of rotatable bonds is 5. The molecule has 6 heteroatoms. The molecule has 2 heterocycles. The summed E-state index contributed by atoms with van der Waals surface area (Å²) in [5.74, 6) is 0.411. The maximum absolute atomic E-state index is 9.38.